The van der Waals surface area contributed by atoms with Gasteiger partial charge in [0, 0.05) is 41.0 Å². The van der Waals surface area contributed by atoms with Crippen molar-refractivity contribution in [2.45, 2.75) is 32.6 Å². The average Bonchev–Trinajstić information content (AvgIpc) is 2.80. The Morgan fingerprint density at radius 2 is 1.64 bits per heavy atom. The number of aryl methyl sites for hydroxylation is 2. The number of anilines is 2. The largest absolute Gasteiger partial charge is 0.324 e. The zero-order valence-corrected chi connectivity index (χ0v) is 19.7. The second-order valence-electron chi connectivity index (χ2n) is 8.68. The number of likely N-dealkylation sites (tertiary alicyclic amines) is 1. The van der Waals surface area contributed by atoms with Gasteiger partial charge in [0.2, 0.25) is 0 Å². The first-order valence-corrected chi connectivity index (χ1v) is 11.6. The first-order chi connectivity index (χ1) is 15.9. The lowest BCUT2D eigenvalue weighted by Gasteiger charge is -2.33. The summed E-state index contributed by atoms with van der Waals surface area (Å²) in [6.45, 7) is 5.35. The van der Waals surface area contributed by atoms with E-state index in [0.29, 0.717) is 23.7 Å². The lowest BCUT2D eigenvalue weighted by molar-refractivity contribution is 0.102. The van der Waals surface area contributed by atoms with E-state index >= 15 is 0 Å². The summed E-state index contributed by atoms with van der Waals surface area (Å²) in [6, 6.07) is 20.7. The van der Waals surface area contributed by atoms with E-state index in [9.17, 15) is 9.59 Å². The summed E-state index contributed by atoms with van der Waals surface area (Å²) >= 11 is 5.93. The Morgan fingerprint density at radius 3 is 2.36 bits per heavy atom. The Labute approximate surface area is 199 Å². The summed E-state index contributed by atoms with van der Waals surface area (Å²) in [7, 11) is 0. The lowest BCUT2D eigenvalue weighted by Crippen LogP contribution is -2.41. The minimum Gasteiger partial charge on any atom is -0.324 e. The van der Waals surface area contributed by atoms with Gasteiger partial charge >= 0.3 is 6.03 Å². The third-order valence-corrected chi connectivity index (χ3v) is 6.16. The van der Waals surface area contributed by atoms with Crippen molar-refractivity contribution in [3.63, 3.8) is 0 Å². The van der Waals surface area contributed by atoms with E-state index in [1.165, 1.54) is 0 Å². The summed E-state index contributed by atoms with van der Waals surface area (Å²) in [5.74, 6) is 0.0543. The minimum absolute atomic E-state index is 0.120. The number of carbonyl (C=O) groups excluding carboxylic acids is 2. The summed E-state index contributed by atoms with van der Waals surface area (Å²) in [6.07, 6.45) is 1.89. The number of carbonyl (C=O) groups is 2. The number of piperidine rings is 1. The number of urea groups is 1. The van der Waals surface area contributed by atoms with Gasteiger partial charge in [-0.05, 0) is 91.9 Å². The van der Waals surface area contributed by atoms with Crippen LogP contribution in [0.1, 0.15) is 45.8 Å². The van der Waals surface area contributed by atoms with Crippen LogP contribution in [0, 0.1) is 13.8 Å². The molecule has 3 aromatic rings. The number of benzene rings is 3. The predicted octanol–water partition coefficient (Wildman–Crippen LogP) is 6.62. The highest BCUT2D eigenvalue weighted by molar-refractivity contribution is 6.30. The molecule has 33 heavy (non-hydrogen) atoms. The maximum absolute atomic E-state index is 12.9. The second kappa shape index (κ2) is 10.1. The van der Waals surface area contributed by atoms with E-state index in [4.69, 9.17) is 11.6 Å². The molecule has 2 N–H and O–H groups in total. The SMILES string of the molecule is Cc1cc(C)cc(NC(=O)c2cccc([C@H]3CCCN(C(=O)Nc4ccc(Cl)cc4)C3)c2)c1. The van der Waals surface area contributed by atoms with Gasteiger partial charge < -0.3 is 15.5 Å². The Morgan fingerprint density at radius 1 is 0.909 bits per heavy atom. The Balaban J connectivity index is 1.43. The number of nitrogens with zero attached hydrogens (tertiary/aromatic N) is 1. The van der Waals surface area contributed by atoms with Crippen molar-refractivity contribution < 1.29 is 9.59 Å². The highest BCUT2D eigenvalue weighted by Crippen LogP contribution is 2.28. The van der Waals surface area contributed by atoms with E-state index in [-0.39, 0.29) is 17.9 Å². The van der Waals surface area contributed by atoms with Gasteiger partial charge in [0.25, 0.3) is 5.91 Å². The summed E-state index contributed by atoms with van der Waals surface area (Å²) in [5.41, 5.74) is 5.43. The van der Waals surface area contributed by atoms with Gasteiger partial charge in [0.05, 0.1) is 0 Å². The molecule has 0 radical (unpaired) electrons. The van der Waals surface area contributed by atoms with Crippen molar-refractivity contribution in [1.82, 2.24) is 4.90 Å². The van der Waals surface area contributed by atoms with Crippen molar-refractivity contribution >= 4 is 34.9 Å². The van der Waals surface area contributed by atoms with E-state index < -0.39 is 0 Å². The van der Waals surface area contributed by atoms with Crippen LogP contribution in [0.5, 0.6) is 0 Å². The quantitative estimate of drug-likeness (QED) is 0.458. The molecule has 1 saturated heterocycles. The topological polar surface area (TPSA) is 61.4 Å². The molecule has 1 aliphatic heterocycles. The van der Waals surface area contributed by atoms with Crippen molar-refractivity contribution in [2.24, 2.45) is 0 Å². The van der Waals surface area contributed by atoms with Crippen LogP contribution >= 0.6 is 11.6 Å². The van der Waals surface area contributed by atoms with Crippen molar-refractivity contribution in [3.8, 4) is 0 Å². The highest BCUT2D eigenvalue weighted by Gasteiger charge is 2.25. The number of hydrogen-bond donors (Lipinski definition) is 2. The second-order valence-corrected chi connectivity index (χ2v) is 9.11. The van der Waals surface area contributed by atoms with Crippen LogP contribution < -0.4 is 10.6 Å². The fraction of sp³-hybridized carbons (Fsp3) is 0.259. The molecule has 0 unspecified atom stereocenters. The molecule has 1 atom stereocenters. The molecule has 3 amide bonds. The van der Waals surface area contributed by atoms with Gasteiger partial charge in [-0.15, -0.1) is 0 Å². The van der Waals surface area contributed by atoms with Crippen LogP contribution in [0.2, 0.25) is 5.02 Å². The number of hydrogen-bond acceptors (Lipinski definition) is 2. The fourth-order valence-corrected chi connectivity index (χ4v) is 4.48. The third-order valence-electron chi connectivity index (χ3n) is 5.90. The zero-order chi connectivity index (χ0) is 23.4. The number of halogens is 1. The van der Waals surface area contributed by atoms with Crippen LogP contribution in [-0.2, 0) is 0 Å². The monoisotopic (exact) mass is 461 g/mol. The molecular weight excluding hydrogens is 434 g/mol. The lowest BCUT2D eigenvalue weighted by atomic mass is 9.89. The first-order valence-electron chi connectivity index (χ1n) is 11.2. The molecule has 4 rings (SSSR count). The molecule has 0 bridgehead atoms. The Hall–Kier alpha value is -3.31. The molecule has 1 aliphatic rings. The zero-order valence-electron chi connectivity index (χ0n) is 18.9. The average molecular weight is 462 g/mol. The van der Waals surface area contributed by atoms with Crippen molar-refractivity contribution in [1.29, 1.82) is 0 Å². The predicted molar refractivity (Wildman–Crippen MR) is 134 cm³/mol. The molecule has 5 nitrogen and oxygen atoms in total. The maximum atomic E-state index is 12.9. The standard InChI is InChI=1S/C27H28ClN3O2/c1-18-13-19(2)15-25(14-18)29-26(32)21-6-3-5-20(16-21)22-7-4-12-31(17-22)27(33)30-24-10-8-23(28)9-11-24/h3,5-6,8-11,13-16,22H,4,7,12,17H2,1-2H3,(H,29,32)(H,30,33)/t22-/m0/s1. The van der Waals surface area contributed by atoms with Crippen molar-refractivity contribution in [3.05, 3.63) is 94.0 Å². The van der Waals surface area contributed by atoms with Crippen LogP contribution in [0.25, 0.3) is 0 Å². The van der Waals surface area contributed by atoms with Crippen LogP contribution in [-0.4, -0.2) is 29.9 Å². The van der Waals surface area contributed by atoms with Gasteiger partial charge in [0.1, 0.15) is 0 Å². The fourth-order valence-electron chi connectivity index (χ4n) is 4.35. The number of nitrogens with one attached hydrogen (secondary N) is 2. The number of rotatable bonds is 4. The molecule has 0 aromatic heterocycles. The molecule has 3 aromatic carbocycles. The normalized spacial score (nSPS) is 15.7. The van der Waals surface area contributed by atoms with E-state index in [1.54, 1.807) is 24.3 Å². The first kappa shape index (κ1) is 22.9. The van der Waals surface area contributed by atoms with Gasteiger partial charge in [-0.25, -0.2) is 4.79 Å². The molecule has 0 saturated carbocycles. The smallest absolute Gasteiger partial charge is 0.321 e. The van der Waals surface area contributed by atoms with Gasteiger partial charge in [-0.2, -0.15) is 0 Å². The number of amides is 3. The van der Waals surface area contributed by atoms with Crippen LogP contribution in [0.4, 0.5) is 16.2 Å². The van der Waals surface area contributed by atoms with Gasteiger partial charge in [0.15, 0.2) is 0 Å². The van der Waals surface area contributed by atoms with E-state index in [1.807, 2.05) is 55.1 Å². The van der Waals surface area contributed by atoms with Crippen LogP contribution in [0.3, 0.4) is 0 Å². The molecule has 0 aliphatic carbocycles. The molecule has 6 heteroatoms. The third kappa shape index (κ3) is 5.93. The minimum atomic E-state index is -0.130. The summed E-state index contributed by atoms with van der Waals surface area (Å²) < 4.78 is 0. The Bertz CT molecular complexity index is 1140. The maximum Gasteiger partial charge on any atom is 0.321 e. The molecule has 1 fully saturated rings. The molecule has 1 heterocycles. The highest BCUT2D eigenvalue weighted by atomic mass is 35.5. The Kier molecular flexibility index (Phi) is 6.99. The molecule has 0 spiro atoms. The van der Waals surface area contributed by atoms with Gasteiger partial charge in [-0.1, -0.05) is 29.8 Å². The molecular formula is C27H28ClN3O2. The summed E-state index contributed by atoms with van der Waals surface area (Å²) in [5, 5.41) is 6.58. The molecule has 170 valence electrons. The van der Waals surface area contributed by atoms with Gasteiger partial charge in [-0.3, -0.25) is 4.79 Å². The van der Waals surface area contributed by atoms with E-state index in [0.717, 1.165) is 40.9 Å². The van der Waals surface area contributed by atoms with Crippen LogP contribution in [0.15, 0.2) is 66.7 Å². The van der Waals surface area contributed by atoms with Crippen molar-refractivity contribution in [2.75, 3.05) is 23.7 Å². The van der Waals surface area contributed by atoms with E-state index in [2.05, 4.69) is 16.7 Å². The summed E-state index contributed by atoms with van der Waals surface area (Å²) in [4.78, 5) is 27.5.